The molecule has 0 aliphatic heterocycles. The fourth-order valence-electron chi connectivity index (χ4n) is 2.04. The molecule has 2 aromatic carbocycles. The van der Waals surface area contributed by atoms with Crippen molar-refractivity contribution in [1.29, 1.82) is 0 Å². The van der Waals surface area contributed by atoms with Crippen LogP contribution in [0.4, 0.5) is 0 Å². The molecule has 3 nitrogen and oxygen atoms in total. The standard InChI is InChI=1S/C16H18ClNO2S/c1-11(18)12-7-8-15(20-2)13(9-12)10-21(19)16-6-4-3-5-14(16)17/h3-9,11H,10,18H2,1-2H3. The van der Waals surface area contributed by atoms with E-state index in [4.69, 9.17) is 22.1 Å². The molecule has 5 heteroatoms. The normalized spacial score (nSPS) is 13.7. The SMILES string of the molecule is COc1ccc(C(C)N)cc1CS(=O)c1ccccc1Cl. The fourth-order valence-corrected chi connectivity index (χ4v) is 3.62. The molecule has 0 saturated heterocycles. The molecular weight excluding hydrogens is 306 g/mol. The van der Waals surface area contributed by atoms with Crippen molar-refractivity contribution in [3.63, 3.8) is 0 Å². The second-order valence-corrected chi connectivity index (χ2v) is 6.61. The highest BCUT2D eigenvalue weighted by molar-refractivity contribution is 7.84. The number of rotatable bonds is 5. The maximum absolute atomic E-state index is 12.5. The van der Waals surface area contributed by atoms with Crippen LogP contribution in [0.25, 0.3) is 0 Å². The van der Waals surface area contributed by atoms with Gasteiger partial charge in [-0.3, -0.25) is 4.21 Å². The Balaban J connectivity index is 2.32. The smallest absolute Gasteiger partial charge is 0.123 e. The van der Waals surface area contributed by atoms with Crippen LogP contribution in [0.2, 0.25) is 5.02 Å². The first kappa shape index (κ1) is 16.0. The Hall–Kier alpha value is -1.36. The lowest BCUT2D eigenvalue weighted by Crippen LogP contribution is -2.07. The van der Waals surface area contributed by atoms with Gasteiger partial charge in [0.2, 0.25) is 0 Å². The average Bonchev–Trinajstić information content (AvgIpc) is 2.47. The van der Waals surface area contributed by atoms with Gasteiger partial charge < -0.3 is 10.5 Å². The number of nitrogens with two attached hydrogens (primary N) is 1. The van der Waals surface area contributed by atoms with Gasteiger partial charge in [0, 0.05) is 11.6 Å². The molecule has 0 saturated carbocycles. The maximum atomic E-state index is 12.5. The predicted octanol–water partition coefficient (Wildman–Crippen LogP) is 3.68. The van der Waals surface area contributed by atoms with Crippen molar-refractivity contribution in [2.75, 3.05) is 7.11 Å². The summed E-state index contributed by atoms with van der Waals surface area (Å²) in [6.07, 6.45) is 0. The summed E-state index contributed by atoms with van der Waals surface area (Å²) in [5, 5.41) is 0.512. The zero-order valence-corrected chi connectivity index (χ0v) is 13.6. The van der Waals surface area contributed by atoms with Gasteiger partial charge >= 0.3 is 0 Å². The molecule has 0 fully saturated rings. The quantitative estimate of drug-likeness (QED) is 0.913. The van der Waals surface area contributed by atoms with Crippen LogP contribution < -0.4 is 10.5 Å². The molecule has 0 aliphatic rings. The maximum Gasteiger partial charge on any atom is 0.123 e. The van der Waals surface area contributed by atoms with Gasteiger partial charge in [0.25, 0.3) is 0 Å². The largest absolute Gasteiger partial charge is 0.496 e. The van der Waals surface area contributed by atoms with E-state index in [2.05, 4.69) is 0 Å². The van der Waals surface area contributed by atoms with Gasteiger partial charge in [-0.05, 0) is 36.8 Å². The van der Waals surface area contributed by atoms with Gasteiger partial charge in [-0.2, -0.15) is 0 Å². The Morgan fingerprint density at radius 1 is 1.29 bits per heavy atom. The van der Waals surface area contributed by atoms with Crippen LogP contribution in [-0.4, -0.2) is 11.3 Å². The lowest BCUT2D eigenvalue weighted by molar-refractivity contribution is 0.411. The number of hydrogen-bond acceptors (Lipinski definition) is 3. The lowest BCUT2D eigenvalue weighted by atomic mass is 10.1. The van der Waals surface area contributed by atoms with Crippen LogP contribution >= 0.6 is 11.6 Å². The van der Waals surface area contributed by atoms with E-state index in [1.54, 1.807) is 19.2 Å². The Kier molecular flexibility index (Phi) is 5.39. The van der Waals surface area contributed by atoms with Crippen LogP contribution in [0.1, 0.15) is 24.1 Å². The minimum absolute atomic E-state index is 0.0802. The summed E-state index contributed by atoms with van der Waals surface area (Å²) in [7, 11) is 0.368. The number of methoxy groups -OCH3 is 1. The van der Waals surface area contributed by atoms with Gasteiger partial charge in [-0.15, -0.1) is 0 Å². The molecule has 0 amide bonds. The molecule has 0 heterocycles. The first-order valence-electron chi connectivity index (χ1n) is 6.58. The summed E-state index contributed by atoms with van der Waals surface area (Å²) in [5.74, 6) is 1.05. The van der Waals surface area contributed by atoms with E-state index in [0.29, 0.717) is 21.4 Å². The number of hydrogen-bond donors (Lipinski definition) is 1. The molecular formula is C16H18ClNO2S. The zero-order chi connectivity index (χ0) is 15.4. The third-order valence-electron chi connectivity index (χ3n) is 3.20. The molecule has 2 aromatic rings. The van der Waals surface area contributed by atoms with E-state index >= 15 is 0 Å². The number of ether oxygens (including phenoxy) is 1. The van der Waals surface area contributed by atoms with Crippen LogP contribution in [0.5, 0.6) is 5.75 Å². The molecule has 0 aliphatic carbocycles. The van der Waals surface area contributed by atoms with Gasteiger partial charge in [0.15, 0.2) is 0 Å². The first-order chi connectivity index (χ1) is 10.0. The fraction of sp³-hybridized carbons (Fsp3) is 0.250. The van der Waals surface area contributed by atoms with Crippen LogP contribution in [-0.2, 0) is 16.6 Å². The summed E-state index contributed by atoms with van der Waals surface area (Å²) in [4.78, 5) is 0.632. The molecule has 2 N–H and O–H groups in total. The predicted molar refractivity (Wildman–Crippen MR) is 87.2 cm³/mol. The minimum Gasteiger partial charge on any atom is -0.496 e. The monoisotopic (exact) mass is 323 g/mol. The summed E-state index contributed by atoms with van der Waals surface area (Å²) in [6.45, 7) is 1.91. The second-order valence-electron chi connectivity index (χ2n) is 4.78. The van der Waals surface area contributed by atoms with Crippen molar-refractivity contribution in [2.45, 2.75) is 23.6 Å². The third-order valence-corrected chi connectivity index (χ3v) is 5.06. The summed E-state index contributed by atoms with van der Waals surface area (Å²) in [5.41, 5.74) is 7.76. The molecule has 0 radical (unpaired) electrons. The van der Waals surface area contributed by atoms with E-state index in [1.807, 2.05) is 37.3 Å². The highest BCUT2D eigenvalue weighted by Gasteiger charge is 2.13. The van der Waals surface area contributed by atoms with E-state index < -0.39 is 10.8 Å². The summed E-state index contributed by atoms with van der Waals surface area (Å²) in [6, 6.07) is 12.8. The van der Waals surface area contributed by atoms with Gasteiger partial charge in [0.05, 0.1) is 33.6 Å². The van der Waals surface area contributed by atoms with Crippen molar-refractivity contribution in [3.05, 3.63) is 58.6 Å². The molecule has 2 unspecified atom stereocenters. The molecule has 0 aromatic heterocycles. The van der Waals surface area contributed by atoms with E-state index in [0.717, 1.165) is 11.1 Å². The summed E-state index contributed by atoms with van der Waals surface area (Å²) >= 11 is 6.10. The second kappa shape index (κ2) is 7.07. The first-order valence-corrected chi connectivity index (χ1v) is 8.28. The minimum atomic E-state index is -1.23. The van der Waals surface area contributed by atoms with Crippen molar-refractivity contribution < 1.29 is 8.95 Å². The third kappa shape index (κ3) is 3.84. The van der Waals surface area contributed by atoms with Gasteiger partial charge in [-0.25, -0.2) is 0 Å². The van der Waals surface area contributed by atoms with Crippen LogP contribution in [0, 0.1) is 0 Å². The average molecular weight is 324 g/mol. The van der Waals surface area contributed by atoms with Crippen molar-refractivity contribution in [3.8, 4) is 5.75 Å². The number of benzene rings is 2. The summed E-state index contributed by atoms with van der Waals surface area (Å²) < 4.78 is 17.9. The number of halogens is 1. The van der Waals surface area contributed by atoms with Crippen molar-refractivity contribution >= 4 is 22.4 Å². The van der Waals surface area contributed by atoms with Crippen molar-refractivity contribution in [2.24, 2.45) is 5.73 Å². The lowest BCUT2D eigenvalue weighted by Gasteiger charge is -2.13. The molecule has 0 bridgehead atoms. The molecule has 0 spiro atoms. The Morgan fingerprint density at radius 2 is 2.00 bits per heavy atom. The highest BCUT2D eigenvalue weighted by Crippen LogP contribution is 2.27. The Bertz CT molecular complexity index is 658. The molecule has 112 valence electrons. The molecule has 2 atom stereocenters. The van der Waals surface area contributed by atoms with E-state index in [9.17, 15) is 4.21 Å². The van der Waals surface area contributed by atoms with Crippen LogP contribution in [0.15, 0.2) is 47.4 Å². The van der Waals surface area contributed by atoms with Gasteiger partial charge in [-0.1, -0.05) is 29.8 Å². The van der Waals surface area contributed by atoms with E-state index in [-0.39, 0.29) is 6.04 Å². The van der Waals surface area contributed by atoms with Crippen molar-refractivity contribution in [1.82, 2.24) is 0 Å². The Morgan fingerprint density at radius 3 is 2.62 bits per heavy atom. The molecule has 21 heavy (non-hydrogen) atoms. The zero-order valence-electron chi connectivity index (χ0n) is 12.0. The Labute approximate surface area is 132 Å². The topological polar surface area (TPSA) is 52.3 Å². The highest BCUT2D eigenvalue weighted by atomic mass is 35.5. The van der Waals surface area contributed by atoms with Gasteiger partial charge in [0.1, 0.15) is 5.75 Å². The molecule has 2 rings (SSSR count). The van der Waals surface area contributed by atoms with E-state index in [1.165, 1.54) is 0 Å². The van der Waals surface area contributed by atoms with Crippen LogP contribution in [0.3, 0.4) is 0 Å².